The van der Waals surface area contributed by atoms with E-state index in [0.717, 1.165) is 44.5 Å². The van der Waals surface area contributed by atoms with Crippen LogP contribution in [0.5, 0.6) is 0 Å². The Morgan fingerprint density at radius 3 is 2.81 bits per heavy atom. The number of aromatic nitrogens is 1. The van der Waals surface area contributed by atoms with Gasteiger partial charge < -0.3 is 5.32 Å². The number of fused-ring (bicyclic) bond motifs is 1. The normalized spacial score (nSPS) is 17.7. The molecule has 1 aliphatic rings. The summed E-state index contributed by atoms with van der Waals surface area (Å²) in [6, 6.07) is 13.1. The molecule has 1 aromatic carbocycles. The zero-order chi connectivity index (χ0) is 14.5. The number of rotatable bonds is 5. The van der Waals surface area contributed by atoms with Crippen LogP contribution in [-0.2, 0) is 0 Å². The summed E-state index contributed by atoms with van der Waals surface area (Å²) in [5.41, 5.74) is 2.28. The number of nitrogens with zero attached hydrogens (tertiary/aromatic N) is 2. The van der Waals surface area contributed by atoms with Crippen molar-refractivity contribution < 1.29 is 0 Å². The molecule has 21 heavy (non-hydrogen) atoms. The van der Waals surface area contributed by atoms with Gasteiger partial charge in [0.05, 0.1) is 17.3 Å². The topological polar surface area (TPSA) is 28.2 Å². The number of pyridine rings is 1. The van der Waals surface area contributed by atoms with Gasteiger partial charge in [0, 0.05) is 31.6 Å². The van der Waals surface area contributed by atoms with Gasteiger partial charge in [-0.25, -0.2) is 0 Å². The fourth-order valence-corrected chi connectivity index (χ4v) is 3.05. The molecule has 3 nitrogen and oxygen atoms in total. The predicted octanol–water partition coefficient (Wildman–Crippen LogP) is 3.15. The lowest BCUT2D eigenvalue weighted by molar-refractivity contribution is 0.163. The Kier molecular flexibility index (Phi) is 4.63. The van der Waals surface area contributed by atoms with Crippen molar-refractivity contribution in [3.05, 3.63) is 54.7 Å². The second-order valence-electron chi connectivity index (χ2n) is 5.60. The van der Waals surface area contributed by atoms with Crippen LogP contribution in [0, 0.1) is 0 Å². The summed E-state index contributed by atoms with van der Waals surface area (Å²) in [5.74, 6) is 0. The lowest BCUT2D eigenvalue weighted by atomic mass is 10.0. The zero-order valence-corrected chi connectivity index (χ0v) is 12.5. The lowest BCUT2D eigenvalue weighted by Gasteiger charge is -2.34. The number of hydrogen-bond donors (Lipinski definition) is 1. The number of allylic oxidation sites excluding steroid dienone is 1. The van der Waals surface area contributed by atoms with Crippen LogP contribution >= 0.6 is 0 Å². The van der Waals surface area contributed by atoms with E-state index in [1.165, 1.54) is 11.1 Å². The summed E-state index contributed by atoms with van der Waals surface area (Å²) in [5, 5.41) is 4.64. The largest absolute Gasteiger partial charge is 0.314 e. The molecule has 0 amide bonds. The first-order valence-electron chi connectivity index (χ1n) is 7.80. The molecule has 0 bridgehead atoms. The lowest BCUT2D eigenvalue weighted by Crippen LogP contribution is -2.45. The Morgan fingerprint density at radius 2 is 2.00 bits per heavy atom. The first kappa shape index (κ1) is 14.2. The maximum absolute atomic E-state index is 4.91. The van der Waals surface area contributed by atoms with Crippen molar-refractivity contribution in [2.24, 2.45) is 0 Å². The maximum atomic E-state index is 4.91. The van der Waals surface area contributed by atoms with Crippen molar-refractivity contribution in [3.8, 4) is 0 Å². The highest BCUT2D eigenvalue weighted by molar-refractivity contribution is 5.78. The molecule has 3 heteroatoms. The standard InChI is InChI=1S/C18H23N3/c1-2-3-8-18(21-13-11-19-12-14-21)17-10-9-15-6-4-5-7-16(15)20-17/h2,4-7,9-10,18-19H,1,3,8,11-14H2/t18-/m1/s1. The minimum absolute atomic E-state index is 0.398. The van der Waals surface area contributed by atoms with Gasteiger partial charge in [-0.3, -0.25) is 9.88 Å². The Balaban J connectivity index is 1.90. The van der Waals surface area contributed by atoms with E-state index in [1.54, 1.807) is 0 Å². The smallest absolute Gasteiger partial charge is 0.0706 e. The molecule has 0 unspecified atom stereocenters. The van der Waals surface area contributed by atoms with Crippen molar-refractivity contribution in [1.82, 2.24) is 15.2 Å². The summed E-state index contributed by atoms with van der Waals surface area (Å²) in [6.07, 6.45) is 4.13. The second kappa shape index (κ2) is 6.83. The molecular weight excluding hydrogens is 258 g/mol. The Hall–Kier alpha value is -1.71. The third-order valence-corrected chi connectivity index (χ3v) is 4.20. The van der Waals surface area contributed by atoms with Crippen LogP contribution in [0.4, 0.5) is 0 Å². The zero-order valence-electron chi connectivity index (χ0n) is 12.5. The van der Waals surface area contributed by atoms with Gasteiger partial charge in [0.15, 0.2) is 0 Å². The highest BCUT2D eigenvalue weighted by Gasteiger charge is 2.22. The highest BCUT2D eigenvalue weighted by atomic mass is 15.2. The molecule has 0 saturated carbocycles. The SMILES string of the molecule is C=CCC[C@H](c1ccc2ccccc2n1)N1CCNCC1. The van der Waals surface area contributed by atoms with E-state index in [2.05, 4.69) is 53.2 Å². The molecule has 2 heterocycles. The minimum atomic E-state index is 0.398. The van der Waals surface area contributed by atoms with Crippen LogP contribution in [0.25, 0.3) is 10.9 Å². The van der Waals surface area contributed by atoms with Crippen molar-refractivity contribution in [2.45, 2.75) is 18.9 Å². The van der Waals surface area contributed by atoms with Crippen LogP contribution in [-0.4, -0.2) is 36.1 Å². The van der Waals surface area contributed by atoms with Crippen LogP contribution in [0.15, 0.2) is 49.1 Å². The molecule has 1 N–H and O–H groups in total. The molecule has 2 aromatic rings. The van der Waals surface area contributed by atoms with Crippen molar-refractivity contribution in [2.75, 3.05) is 26.2 Å². The molecule has 0 radical (unpaired) electrons. The van der Waals surface area contributed by atoms with Gasteiger partial charge in [-0.05, 0) is 25.0 Å². The van der Waals surface area contributed by atoms with Crippen LogP contribution in [0.1, 0.15) is 24.6 Å². The van der Waals surface area contributed by atoms with Crippen molar-refractivity contribution in [3.63, 3.8) is 0 Å². The molecule has 1 atom stereocenters. The van der Waals surface area contributed by atoms with E-state index in [9.17, 15) is 0 Å². The molecular formula is C18H23N3. The summed E-state index contributed by atoms with van der Waals surface area (Å²) in [7, 11) is 0. The predicted molar refractivity (Wildman–Crippen MR) is 88.4 cm³/mol. The molecule has 1 aliphatic heterocycles. The molecule has 1 aromatic heterocycles. The minimum Gasteiger partial charge on any atom is -0.314 e. The molecule has 0 spiro atoms. The van der Waals surface area contributed by atoms with Gasteiger partial charge in [-0.15, -0.1) is 6.58 Å². The summed E-state index contributed by atoms with van der Waals surface area (Å²) < 4.78 is 0. The molecule has 1 fully saturated rings. The Morgan fingerprint density at radius 1 is 1.19 bits per heavy atom. The van der Waals surface area contributed by atoms with E-state index in [4.69, 9.17) is 4.98 Å². The van der Waals surface area contributed by atoms with Gasteiger partial charge in [0.1, 0.15) is 0 Å². The monoisotopic (exact) mass is 281 g/mol. The average molecular weight is 281 g/mol. The number of para-hydroxylation sites is 1. The third kappa shape index (κ3) is 3.31. The van der Waals surface area contributed by atoms with Gasteiger partial charge in [-0.2, -0.15) is 0 Å². The second-order valence-corrected chi connectivity index (χ2v) is 5.60. The van der Waals surface area contributed by atoms with Crippen LogP contribution < -0.4 is 5.32 Å². The van der Waals surface area contributed by atoms with Gasteiger partial charge in [0.2, 0.25) is 0 Å². The summed E-state index contributed by atoms with van der Waals surface area (Å²) in [6.45, 7) is 8.19. The number of nitrogens with one attached hydrogen (secondary N) is 1. The fraction of sp³-hybridized carbons (Fsp3) is 0.389. The third-order valence-electron chi connectivity index (χ3n) is 4.20. The van der Waals surface area contributed by atoms with E-state index < -0.39 is 0 Å². The van der Waals surface area contributed by atoms with Crippen molar-refractivity contribution >= 4 is 10.9 Å². The van der Waals surface area contributed by atoms with Crippen molar-refractivity contribution in [1.29, 1.82) is 0 Å². The number of hydrogen-bond acceptors (Lipinski definition) is 3. The Labute approximate surface area is 126 Å². The first-order chi connectivity index (χ1) is 10.4. The van der Waals surface area contributed by atoms with Crippen LogP contribution in [0.3, 0.4) is 0 Å². The fourth-order valence-electron chi connectivity index (χ4n) is 3.05. The van der Waals surface area contributed by atoms with Gasteiger partial charge in [0.25, 0.3) is 0 Å². The molecule has 3 rings (SSSR count). The van der Waals surface area contributed by atoms with Gasteiger partial charge in [-0.1, -0.05) is 30.3 Å². The summed E-state index contributed by atoms with van der Waals surface area (Å²) >= 11 is 0. The number of benzene rings is 1. The first-order valence-corrected chi connectivity index (χ1v) is 7.80. The quantitative estimate of drug-likeness (QED) is 0.853. The Bertz CT molecular complexity index is 602. The molecule has 1 saturated heterocycles. The van der Waals surface area contributed by atoms with E-state index >= 15 is 0 Å². The summed E-state index contributed by atoms with van der Waals surface area (Å²) in [4.78, 5) is 7.46. The van der Waals surface area contributed by atoms with Gasteiger partial charge >= 0.3 is 0 Å². The maximum Gasteiger partial charge on any atom is 0.0706 e. The van der Waals surface area contributed by atoms with E-state index in [0.29, 0.717) is 6.04 Å². The highest BCUT2D eigenvalue weighted by Crippen LogP contribution is 2.26. The van der Waals surface area contributed by atoms with Crippen LogP contribution in [0.2, 0.25) is 0 Å². The number of piperazine rings is 1. The van der Waals surface area contributed by atoms with E-state index in [-0.39, 0.29) is 0 Å². The molecule has 110 valence electrons. The molecule has 0 aliphatic carbocycles. The van der Waals surface area contributed by atoms with E-state index in [1.807, 2.05) is 6.08 Å². The average Bonchev–Trinajstić information content (AvgIpc) is 2.56.